The number of aryl methyl sites for hydroxylation is 1. The van der Waals surface area contributed by atoms with E-state index >= 15 is 0 Å². The second-order valence-electron chi connectivity index (χ2n) is 14.0. The number of anilines is 1. The number of para-hydroxylation sites is 1. The quantitative estimate of drug-likeness (QED) is 0.290. The molecule has 2 aliphatic heterocycles. The summed E-state index contributed by atoms with van der Waals surface area (Å²) in [5.74, 6) is 0.611. The number of hydrogen-bond acceptors (Lipinski definition) is 5. The summed E-state index contributed by atoms with van der Waals surface area (Å²) in [6.45, 7) is 21.3. The molecule has 0 atom stereocenters. The molecule has 0 saturated carbocycles. The van der Waals surface area contributed by atoms with Crippen LogP contribution >= 0.6 is 11.3 Å². The van der Waals surface area contributed by atoms with Gasteiger partial charge in [0.25, 0.3) is 0 Å². The van der Waals surface area contributed by atoms with E-state index in [1.54, 1.807) is 0 Å². The van der Waals surface area contributed by atoms with E-state index in [0.717, 1.165) is 19.5 Å². The maximum atomic E-state index is 5.21. The van der Waals surface area contributed by atoms with Gasteiger partial charge < -0.3 is 9.80 Å². The van der Waals surface area contributed by atoms with E-state index in [0.29, 0.717) is 5.92 Å². The maximum Gasteiger partial charge on any atom is 0.0964 e. The van der Waals surface area contributed by atoms with Gasteiger partial charge in [-0.1, -0.05) is 65.0 Å². The lowest BCUT2D eigenvalue weighted by Crippen LogP contribution is -2.49. The molecule has 0 unspecified atom stereocenters. The van der Waals surface area contributed by atoms with Crippen molar-refractivity contribution >= 4 is 17.0 Å². The third-order valence-corrected chi connectivity index (χ3v) is 11.4. The van der Waals surface area contributed by atoms with Crippen molar-refractivity contribution in [1.29, 1.82) is 0 Å². The van der Waals surface area contributed by atoms with Gasteiger partial charge in [0.2, 0.25) is 0 Å². The van der Waals surface area contributed by atoms with E-state index in [4.69, 9.17) is 4.98 Å². The van der Waals surface area contributed by atoms with Gasteiger partial charge in [0.1, 0.15) is 0 Å². The number of hydrogen-bond donors (Lipinski definition) is 0. The summed E-state index contributed by atoms with van der Waals surface area (Å²) in [5.41, 5.74) is 8.96. The van der Waals surface area contributed by atoms with Crippen LogP contribution in [-0.4, -0.2) is 67.1 Å². The van der Waals surface area contributed by atoms with E-state index in [9.17, 15) is 0 Å². The monoisotopic (exact) mass is 570 g/mol. The van der Waals surface area contributed by atoms with Gasteiger partial charge in [-0.05, 0) is 84.8 Å². The normalized spacial score (nSPS) is 21.6. The molecule has 3 heterocycles. The highest BCUT2D eigenvalue weighted by Crippen LogP contribution is 2.47. The van der Waals surface area contributed by atoms with Gasteiger partial charge >= 0.3 is 0 Å². The molecule has 2 fully saturated rings. The number of thiazole rings is 1. The highest BCUT2D eigenvalue weighted by atomic mass is 32.1. The van der Waals surface area contributed by atoms with Crippen molar-refractivity contribution in [1.82, 2.24) is 14.8 Å². The van der Waals surface area contributed by atoms with Crippen LogP contribution in [0.2, 0.25) is 0 Å². The molecule has 0 amide bonds. The lowest BCUT2D eigenvalue weighted by atomic mass is 9.63. The fraction of sp³-hybridized carbons (Fsp3) is 0.583. The summed E-state index contributed by atoms with van der Waals surface area (Å²) in [7, 11) is 0. The summed E-state index contributed by atoms with van der Waals surface area (Å²) in [6.07, 6.45) is 6.09. The molecule has 2 saturated heterocycles. The molecule has 0 bridgehead atoms. The number of piperidine rings is 1. The minimum absolute atomic E-state index is 0.237. The van der Waals surface area contributed by atoms with Crippen LogP contribution in [0.25, 0.3) is 11.3 Å². The maximum absolute atomic E-state index is 5.21. The zero-order chi connectivity index (χ0) is 28.6. The number of likely N-dealkylation sites (tertiary alicyclic amines) is 1. The predicted octanol–water partition coefficient (Wildman–Crippen LogP) is 7.72. The standard InChI is InChI=1S/C36H50N4S/c1-6-27-9-7-8-10-33(27)40-23-21-39(22-24-40)20-19-38-17-13-28(14-18-38)34-37-32(26-41-34)29-11-12-30-31(25-29)36(4,5)16-15-35(30,2)3/h7-12,25-26,28H,6,13-24H2,1-5H3. The Bertz CT molecular complexity index is 1320. The zero-order valence-corrected chi connectivity index (χ0v) is 26.9. The van der Waals surface area contributed by atoms with Crippen LogP contribution in [0.4, 0.5) is 5.69 Å². The van der Waals surface area contributed by atoms with Gasteiger partial charge in [0.05, 0.1) is 10.7 Å². The summed E-state index contributed by atoms with van der Waals surface area (Å²) in [5, 5.41) is 3.66. The molecule has 5 heteroatoms. The van der Waals surface area contributed by atoms with E-state index in [1.165, 1.54) is 104 Å². The van der Waals surface area contributed by atoms with Crippen LogP contribution in [0.5, 0.6) is 0 Å². The van der Waals surface area contributed by atoms with Crippen molar-refractivity contribution in [2.24, 2.45) is 0 Å². The molecule has 1 aliphatic carbocycles. The predicted molar refractivity (Wildman–Crippen MR) is 176 cm³/mol. The van der Waals surface area contributed by atoms with Crippen molar-refractivity contribution in [3.8, 4) is 11.3 Å². The van der Waals surface area contributed by atoms with Gasteiger partial charge in [-0.25, -0.2) is 4.98 Å². The van der Waals surface area contributed by atoms with Crippen LogP contribution in [-0.2, 0) is 17.3 Å². The second-order valence-corrected chi connectivity index (χ2v) is 14.9. The first-order valence-electron chi connectivity index (χ1n) is 16.1. The molecule has 0 radical (unpaired) electrons. The van der Waals surface area contributed by atoms with Crippen LogP contribution in [0.3, 0.4) is 0 Å². The lowest BCUT2D eigenvalue weighted by Gasteiger charge is -2.42. The summed E-state index contributed by atoms with van der Waals surface area (Å²) in [4.78, 5) is 13.2. The number of nitrogens with zero attached hydrogens (tertiary/aromatic N) is 4. The Balaban J connectivity index is 0.996. The topological polar surface area (TPSA) is 22.6 Å². The molecule has 1 aromatic heterocycles. The van der Waals surface area contributed by atoms with Gasteiger partial charge in [-0.3, -0.25) is 4.90 Å². The van der Waals surface area contributed by atoms with Gasteiger partial charge in [-0.2, -0.15) is 0 Å². The lowest BCUT2D eigenvalue weighted by molar-refractivity contribution is 0.168. The summed E-state index contributed by atoms with van der Waals surface area (Å²) in [6, 6.07) is 16.1. The molecule has 220 valence electrons. The van der Waals surface area contributed by atoms with Crippen molar-refractivity contribution in [3.63, 3.8) is 0 Å². The SMILES string of the molecule is CCc1ccccc1N1CCN(CCN2CCC(c3nc(-c4ccc5c(c4)C(C)(C)CCC5(C)C)cs3)CC2)CC1. The van der Waals surface area contributed by atoms with Gasteiger partial charge in [0.15, 0.2) is 0 Å². The van der Waals surface area contributed by atoms with Crippen molar-refractivity contribution in [2.75, 3.05) is 57.3 Å². The van der Waals surface area contributed by atoms with Crippen molar-refractivity contribution in [2.45, 2.75) is 83.5 Å². The van der Waals surface area contributed by atoms with E-state index in [1.807, 2.05) is 11.3 Å². The van der Waals surface area contributed by atoms with Crippen LogP contribution in [0.1, 0.15) is 87.9 Å². The largest absolute Gasteiger partial charge is 0.369 e. The molecule has 6 rings (SSSR count). The number of rotatable bonds is 7. The summed E-state index contributed by atoms with van der Waals surface area (Å²) >= 11 is 1.88. The van der Waals surface area contributed by atoms with Crippen molar-refractivity contribution < 1.29 is 0 Å². The molecule has 0 N–H and O–H groups in total. The third-order valence-electron chi connectivity index (χ3n) is 10.4. The summed E-state index contributed by atoms with van der Waals surface area (Å²) < 4.78 is 0. The van der Waals surface area contributed by atoms with Crippen molar-refractivity contribution in [3.05, 3.63) is 69.5 Å². The highest BCUT2D eigenvalue weighted by molar-refractivity contribution is 7.10. The van der Waals surface area contributed by atoms with Gasteiger partial charge in [0, 0.05) is 61.8 Å². The molecule has 2 aromatic carbocycles. The third kappa shape index (κ3) is 6.14. The number of aromatic nitrogens is 1. The minimum atomic E-state index is 0.237. The van der Waals surface area contributed by atoms with Crippen LogP contribution in [0, 0.1) is 0 Å². The molecule has 4 nitrogen and oxygen atoms in total. The number of piperazine rings is 1. The fourth-order valence-electron chi connectivity index (χ4n) is 7.37. The van der Waals surface area contributed by atoms with E-state index < -0.39 is 0 Å². The zero-order valence-electron chi connectivity index (χ0n) is 26.1. The van der Waals surface area contributed by atoms with Gasteiger partial charge in [-0.15, -0.1) is 11.3 Å². The molecule has 0 spiro atoms. The first-order valence-corrected chi connectivity index (χ1v) is 17.0. The number of fused-ring (bicyclic) bond motifs is 1. The van der Waals surface area contributed by atoms with Crippen LogP contribution in [0.15, 0.2) is 47.8 Å². The Hall–Kier alpha value is -2.21. The van der Waals surface area contributed by atoms with E-state index in [-0.39, 0.29) is 10.8 Å². The first-order chi connectivity index (χ1) is 19.7. The Kier molecular flexibility index (Phi) is 8.33. The molecular weight excluding hydrogens is 520 g/mol. The minimum Gasteiger partial charge on any atom is -0.369 e. The Morgan fingerprint density at radius 1 is 0.805 bits per heavy atom. The fourth-order valence-corrected chi connectivity index (χ4v) is 8.37. The van der Waals surface area contributed by atoms with E-state index in [2.05, 4.69) is 97.2 Å². The molecule has 3 aromatic rings. The number of benzene rings is 2. The van der Waals surface area contributed by atoms with Crippen LogP contribution < -0.4 is 4.90 Å². The molecule has 41 heavy (non-hydrogen) atoms. The Morgan fingerprint density at radius 3 is 2.17 bits per heavy atom. The Morgan fingerprint density at radius 2 is 1.46 bits per heavy atom. The average Bonchev–Trinajstić information content (AvgIpc) is 3.49. The molecule has 3 aliphatic rings. The first kappa shape index (κ1) is 28.9. The smallest absolute Gasteiger partial charge is 0.0964 e. The Labute approximate surface area is 252 Å². The molecular formula is C36H50N4S. The second kappa shape index (κ2) is 11.8. The highest BCUT2D eigenvalue weighted by Gasteiger charge is 2.37. The average molecular weight is 571 g/mol.